The molecule has 0 unspecified atom stereocenters. The standard InChI is InChI=1S/C18H21FN2O4S/c1-3-12-20-18(22)13-21(17-7-5-4-6-16(17)19)26(23,24)15-10-8-14(25-2)9-11-15/h4-11H,3,12-13H2,1-2H3,(H,20,22). The summed E-state index contributed by atoms with van der Waals surface area (Å²) in [5.74, 6) is -0.748. The molecule has 26 heavy (non-hydrogen) atoms. The number of rotatable bonds is 8. The lowest BCUT2D eigenvalue weighted by Gasteiger charge is -2.24. The highest BCUT2D eigenvalue weighted by atomic mass is 32.2. The number of nitrogens with zero attached hydrogens (tertiary/aromatic N) is 1. The van der Waals surface area contributed by atoms with Crippen LogP contribution in [0, 0.1) is 5.82 Å². The van der Waals surface area contributed by atoms with Crippen LogP contribution in [0.3, 0.4) is 0 Å². The van der Waals surface area contributed by atoms with E-state index in [-0.39, 0.29) is 10.6 Å². The lowest BCUT2D eigenvalue weighted by molar-refractivity contribution is -0.119. The Bertz CT molecular complexity index is 854. The molecule has 0 aromatic heterocycles. The zero-order chi connectivity index (χ0) is 19.2. The summed E-state index contributed by atoms with van der Waals surface area (Å²) in [5, 5.41) is 2.61. The number of halogens is 1. The van der Waals surface area contributed by atoms with E-state index in [4.69, 9.17) is 4.74 Å². The number of hydrogen-bond donors (Lipinski definition) is 1. The highest BCUT2D eigenvalue weighted by Gasteiger charge is 2.29. The molecule has 0 saturated heterocycles. The van der Waals surface area contributed by atoms with Crippen LogP contribution in [0.5, 0.6) is 5.75 Å². The molecule has 0 radical (unpaired) electrons. The van der Waals surface area contributed by atoms with Gasteiger partial charge in [-0.3, -0.25) is 9.10 Å². The molecule has 1 N–H and O–H groups in total. The number of carbonyl (C=O) groups is 1. The number of anilines is 1. The quantitative estimate of drug-likeness (QED) is 0.764. The Morgan fingerprint density at radius 2 is 1.81 bits per heavy atom. The molecule has 2 rings (SSSR count). The Balaban J connectivity index is 2.44. The van der Waals surface area contributed by atoms with Crippen molar-refractivity contribution >= 4 is 21.6 Å². The Morgan fingerprint density at radius 1 is 1.15 bits per heavy atom. The number of amides is 1. The van der Waals surface area contributed by atoms with Gasteiger partial charge in [0.2, 0.25) is 5.91 Å². The zero-order valence-electron chi connectivity index (χ0n) is 14.6. The van der Waals surface area contributed by atoms with Crippen molar-refractivity contribution in [1.29, 1.82) is 0 Å². The monoisotopic (exact) mass is 380 g/mol. The van der Waals surface area contributed by atoms with Gasteiger partial charge in [0.25, 0.3) is 10.0 Å². The number of carbonyl (C=O) groups excluding carboxylic acids is 1. The third-order valence-electron chi connectivity index (χ3n) is 3.63. The van der Waals surface area contributed by atoms with E-state index >= 15 is 0 Å². The molecule has 1 amide bonds. The van der Waals surface area contributed by atoms with Gasteiger partial charge in [-0.1, -0.05) is 19.1 Å². The molecule has 140 valence electrons. The molecule has 0 fully saturated rings. The van der Waals surface area contributed by atoms with Gasteiger partial charge in [0.15, 0.2) is 0 Å². The summed E-state index contributed by atoms with van der Waals surface area (Å²) in [5.41, 5.74) is -0.185. The second-order valence-corrected chi connectivity index (χ2v) is 7.35. The predicted molar refractivity (Wildman–Crippen MR) is 97.2 cm³/mol. The first-order chi connectivity index (χ1) is 12.4. The minimum atomic E-state index is -4.14. The van der Waals surface area contributed by atoms with Gasteiger partial charge >= 0.3 is 0 Å². The summed E-state index contributed by atoms with van der Waals surface area (Å²) in [6, 6.07) is 11.1. The fourth-order valence-corrected chi connectivity index (χ4v) is 3.71. The van der Waals surface area contributed by atoms with E-state index in [2.05, 4.69) is 5.32 Å². The molecule has 6 nitrogen and oxygen atoms in total. The first kappa shape index (κ1) is 19.7. The van der Waals surface area contributed by atoms with Crippen molar-refractivity contribution in [2.75, 3.05) is 24.5 Å². The minimum Gasteiger partial charge on any atom is -0.497 e. The highest BCUT2D eigenvalue weighted by molar-refractivity contribution is 7.92. The summed E-state index contributed by atoms with van der Waals surface area (Å²) >= 11 is 0. The van der Waals surface area contributed by atoms with Crippen molar-refractivity contribution < 1.29 is 22.3 Å². The summed E-state index contributed by atoms with van der Waals surface area (Å²) in [6.07, 6.45) is 0.705. The third kappa shape index (κ3) is 4.51. The van der Waals surface area contributed by atoms with Crippen molar-refractivity contribution in [2.45, 2.75) is 18.2 Å². The molecular weight excluding hydrogens is 359 g/mol. The van der Waals surface area contributed by atoms with Crippen molar-refractivity contribution in [2.24, 2.45) is 0 Å². The molecule has 0 heterocycles. The number of benzene rings is 2. The van der Waals surface area contributed by atoms with Gasteiger partial charge in [-0.15, -0.1) is 0 Å². The highest BCUT2D eigenvalue weighted by Crippen LogP contribution is 2.27. The maximum Gasteiger partial charge on any atom is 0.264 e. The van der Waals surface area contributed by atoms with Crippen LogP contribution < -0.4 is 14.4 Å². The number of methoxy groups -OCH3 is 1. The van der Waals surface area contributed by atoms with Crippen molar-refractivity contribution in [1.82, 2.24) is 5.32 Å². The van der Waals surface area contributed by atoms with E-state index < -0.39 is 28.3 Å². The average Bonchev–Trinajstić information content (AvgIpc) is 2.65. The van der Waals surface area contributed by atoms with Crippen molar-refractivity contribution in [3.05, 3.63) is 54.3 Å². The van der Waals surface area contributed by atoms with Gasteiger partial charge in [-0.25, -0.2) is 12.8 Å². The molecule has 0 spiro atoms. The second kappa shape index (κ2) is 8.66. The molecule has 2 aromatic carbocycles. The van der Waals surface area contributed by atoms with E-state index in [9.17, 15) is 17.6 Å². The van der Waals surface area contributed by atoms with Crippen LogP contribution in [0.25, 0.3) is 0 Å². The second-order valence-electron chi connectivity index (χ2n) is 5.49. The van der Waals surface area contributed by atoms with Gasteiger partial charge in [0.1, 0.15) is 18.1 Å². The van der Waals surface area contributed by atoms with E-state index in [1.54, 1.807) is 0 Å². The Morgan fingerprint density at radius 3 is 2.38 bits per heavy atom. The molecule has 0 aliphatic carbocycles. The number of ether oxygens (including phenoxy) is 1. The summed E-state index contributed by atoms with van der Waals surface area (Å²) in [7, 11) is -2.68. The number of para-hydroxylation sites is 1. The fraction of sp³-hybridized carbons (Fsp3) is 0.278. The van der Waals surface area contributed by atoms with Crippen LogP contribution in [0.4, 0.5) is 10.1 Å². The van der Waals surface area contributed by atoms with Crippen LogP contribution in [-0.4, -0.2) is 34.5 Å². The SMILES string of the molecule is CCCNC(=O)CN(c1ccccc1F)S(=O)(=O)c1ccc(OC)cc1. The molecular formula is C18H21FN2O4S. The number of nitrogens with one attached hydrogen (secondary N) is 1. The molecule has 8 heteroatoms. The number of sulfonamides is 1. The largest absolute Gasteiger partial charge is 0.497 e. The molecule has 0 saturated carbocycles. The topological polar surface area (TPSA) is 75.7 Å². The van der Waals surface area contributed by atoms with E-state index in [1.165, 1.54) is 49.6 Å². The maximum atomic E-state index is 14.2. The van der Waals surface area contributed by atoms with Gasteiger partial charge < -0.3 is 10.1 Å². The lowest BCUT2D eigenvalue weighted by atomic mass is 10.3. The van der Waals surface area contributed by atoms with Crippen LogP contribution in [0.15, 0.2) is 53.4 Å². The van der Waals surface area contributed by atoms with Crippen molar-refractivity contribution in [3.8, 4) is 5.75 Å². The van der Waals surface area contributed by atoms with E-state index in [0.29, 0.717) is 18.7 Å². The van der Waals surface area contributed by atoms with Gasteiger partial charge in [0, 0.05) is 6.54 Å². The summed E-state index contributed by atoms with van der Waals surface area (Å²) in [4.78, 5) is 12.1. The fourth-order valence-electron chi connectivity index (χ4n) is 2.28. The average molecular weight is 380 g/mol. The molecule has 2 aromatic rings. The summed E-state index contributed by atoms with van der Waals surface area (Å²) in [6.45, 7) is 1.77. The first-order valence-corrected chi connectivity index (χ1v) is 9.52. The van der Waals surface area contributed by atoms with Crippen LogP contribution in [0.2, 0.25) is 0 Å². The van der Waals surface area contributed by atoms with Crippen LogP contribution in [0.1, 0.15) is 13.3 Å². The minimum absolute atomic E-state index is 0.0650. The smallest absolute Gasteiger partial charge is 0.264 e. The van der Waals surface area contributed by atoms with E-state index in [1.807, 2.05) is 6.92 Å². The summed E-state index contributed by atoms with van der Waals surface area (Å²) < 4.78 is 46.1. The van der Waals surface area contributed by atoms with Gasteiger partial charge in [-0.05, 0) is 42.8 Å². The maximum absolute atomic E-state index is 14.2. The van der Waals surface area contributed by atoms with Gasteiger partial charge in [-0.2, -0.15) is 0 Å². The lowest BCUT2D eigenvalue weighted by Crippen LogP contribution is -2.41. The third-order valence-corrected chi connectivity index (χ3v) is 5.40. The van der Waals surface area contributed by atoms with E-state index in [0.717, 1.165) is 10.4 Å². The van der Waals surface area contributed by atoms with Crippen molar-refractivity contribution in [3.63, 3.8) is 0 Å². The van der Waals surface area contributed by atoms with Crippen LogP contribution >= 0.6 is 0 Å². The normalized spacial score (nSPS) is 11.0. The molecule has 0 aliphatic heterocycles. The predicted octanol–water partition coefficient (Wildman–Crippen LogP) is 2.56. The van der Waals surface area contributed by atoms with Gasteiger partial charge in [0.05, 0.1) is 17.7 Å². The van der Waals surface area contributed by atoms with Crippen LogP contribution in [-0.2, 0) is 14.8 Å². The first-order valence-electron chi connectivity index (χ1n) is 8.08. The Labute approximate surface area is 152 Å². The molecule has 0 atom stereocenters. The molecule has 0 bridgehead atoms. The zero-order valence-corrected chi connectivity index (χ0v) is 15.4. The Kier molecular flexibility index (Phi) is 6.57. The Hall–Kier alpha value is -2.61. The molecule has 0 aliphatic rings. The number of hydrogen-bond acceptors (Lipinski definition) is 4.